The number of methoxy groups -OCH3 is 1. The van der Waals surface area contributed by atoms with Gasteiger partial charge in [0.1, 0.15) is 0 Å². The van der Waals surface area contributed by atoms with Crippen molar-refractivity contribution in [1.82, 2.24) is 4.90 Å². The number of anilines is 1. The molecule has 2 heterocycles. The molecule has 132 valence electrons. The average Bonchev–Trinajstić information content (AvgIpc) is 3.15. The molecule has 3 rings (SSSR count). The number of benzene rings is 1. The number of likely N-dealkylation sites (tertiary alicyclic amines) is 1. The van der Waals surface area contributed by atoms with Gasteiger partial charge in [0.25, 0.3) is 0 Å². The number of ether oxygens (including phenoxy) is 1. The predicted octanol–water partition coefficient (Wildman–Crippen LogP) is 2.71. The lowest BCUT2D eigenvalue weighted by atomic mass is 10.0. The number of piperidine rings is 1. The van der Waals surface area contributed by atoms with E-state index in [4.69, 9.17) is 9.15 Å². The molecule has 1 aromatic heterocycles. The minimum absolute atomic E-state index is 0.132. The van der Waals surface area contributed by atoms with E-state index in [1.165, 1.54) is 7.11 Å². The second-order valence-corrected chi connectivity index (χ2v) is 6.18. The van der Waals surface area contributed by atoms with Crippen molar-refractivity contribution in [2.75, 3.05) is 25.5 Å². The Morgan fingerprint density at radius 3 is 2.76 bits per heavy atom. The number of furan rings is 1. The van der Waals surface area contributed by atoms with E-state index in [2.05, 4.69) is 5.32 Å². The van der Waals surface area contributed by atoms with Crippen molar-refractivity contribution in [3.05, 3.63) is 54.0 Å². The van der Waals surface area contributed by atoms with Crippen LogP contribution in [-0.2, 0) is 16.0 Å². The van der Waals surface area contributed by atoms with Crippen molar-refractivity contribution < 1.29 is 18.7 Å². The van der Waals surface area contributed by atoms with Crippen LogP contribution >= 0.6 is 0 Å². The summed E-state index contributed by atoms with van der Waals surface area (Å²) >= 11 is 0. The van der Waals surface area contributed by atoms with Crippen LogP contribution in [0, 0.1) is 0 Å². The molecule has 1 aliphatic heterocycles. The number of rotatable bonds is 5. The van der Waals surface area contributed by atoms with Crippen LogP contribution in [0.2, 0.25) is 0 Å². The van der Waals surface area contributed by atoms with Gasteiger partial charge >= 0.3 is 5.97 Å². The highest BCUT2D eigenvalue weighted by Crippen LogP contribution is 2.19. The first-order chi connectivity index (χ1) is 12.2. The van der Waals surface area contributed by atoms with Crippen LogP contribution in [0.3, 0.4) is 0 Å². The zero-order chi connectivity index (χ0) is 17.6. The van der Waals surface area contributed by atoms with Gasteiger partial charge in [0.2, 0.25) is 5.91 Å². The van der Waals surface area contributed by atoms with Crippen LogP contribution in [0.1, 0.15) is 28.8 Å². The molecule has 25 heavy (non-hydrogen) atoms. The van der Waals surface area contributed by atoms with E-state index in [9.17, 15) is 9.59 Å². The third kappa shape index (κ3) is 4.41. The highest BCUT2D eigenvalue weighted by atomic mass is 16.5. The molecule has 0 unspecified atom stereocenters. The summed E-state index contributed by atoms with van der Waals surface area (Å²) in [6.07, 6.45) is 5.33. The lowest BCUT2D eigenvalue weighted by molar-refractivity contribution is -0.131. The minimum atomic E-state index is -0.344. The lowest BCUT2D eigenvalue weighted by Gasteiger charge is -2.33. The van der Waals surface area contributed by atoms with E-state index >= 15 is 0 Å². The van der Waals surface area contributed by atoms with Crippen LogP contribution in [0.15, 0.2) is 47.3 Å². The molecule has 1 aliphatic rings. The van der Waals surface area contributed by atoms with Crippen LogP contribution in [0.5, 0.6) is 0 Å². The standard InChI is InChI=1S/C19H22N2O4/c1-24-19(23)15-3-2-4-17(12-15)20-16-5-8-21(9-6-16)18(22)11-14-7-10-25-13-14/h2-4,7,10,12-13,16,20H,5-6,8-9,11H2,1H3. The Kier molecular flexibility index (Phi) is 5.38. The highest BCUT2D eigenvalue weighted by molar-refractivity contribution is 5.90. The Morgan fingerprint density at radius 2 is 2.08 bits per heavy atom. The fraction of sp³-hybridized carbons (Fsp3) is 0.368. The lowest BCUT2D eigenvalue weighted by Crippen LogP contribution is -2.43. The van der Waals surface area contributed by atoms with Crippen LogP contribution in [0.4, 0.5) is 5.69 Å². The van der Waals surface area contributed by atoms with Gasteiger partial charge in [-0.15, -0.1) is 0 Å². The van der Waals surface area contributed by atoms with Crippen LogP contribution in [-0.4, -0.2) is 43.0 Å². The molecular weight excluding hydrogens is 320 g/mol. The number of amides is 1. The minimum Gasteiger partial charge on any atom is -0.472 e. The summed E-state index contributed by atoms with van der Waals surface area (Å²) in [4.78, 5) is 25.8. The summed E-state index contributed by atoms with van der Waals surface area (Å²) in [7, 11) is 1.37. The molecule has 1 aromatic carbocycles. The molecule has 0 radical (unpaired) electrons. The second-order valence-electron chi connectivity index (χ2n) is 6.18. The van der Waals surface area contributed by atoms with Gasteiger partial charge in [0.05, 0.1) is 31.6 Å². The number of nitrogens with one attached hydrogen (secondary N) is 1. The molecule has 1 fully saturated rings. The summed E-state index contributed by atoms with van der Waals surface area (Å²) < 4.78 is 9.75. The first-order valence-corrected chi connectivity index (χ1v) is 8.39. The number of carbonyl (C=O) groups excluding carboxylic acids is 2. The smallest absolute Gasteiger partial charge is 0.337 e. The molecule has 0 saturated carbocycles. The van der Waals surface area contributed by atoms with Gasteiger partial charge in [0.15, 0.2) is 0 Å². The number of hydrogen-bond donors (Lipinski definition) is 1. The third-order valence-corrected chi connectivity index (χ3v) is 4.44. The number of nitrogens with zero attached hydrogens (tertiary/aromatic N) is 1. The fourth-order valence-electron chi connectivity index (χ4n) is 3.04. The summed E-state index contributed by atoms with van der Waals surface area (Å²) in [6, 6.07) is 9.39. The number of hydrogen-bond acceptors (Lipinski definition) is 5. The van der Waals surface area contributed by atoms with E-state index < -0.39 is 0 Å². The van der Waals surface area contributed by atoms with Crippen LogP contribution < -0.4 is 5.32 Å². The maximum absolute atomic E-state index is 12.3. The van der Waals surface area contributed by atoms with Crippen molar-refractivity contribution in [2.24, 2.45) is 0 Å². The number of esters is 1. The van der Waals surface area contributed by atoms with Gasteiger partial charge in [-0.3, -0.25) is 4.79 Å². The molecule has 0 bridgehead atoms. The molecule has 0 aliphatic carbocycles. The number of carbonyl (C=O) groups is 2. The van der Waals surface area contributed by atoms with Crippen molar-refractivity contribution in [3.63, 3.8) is 0 Å². The van der Waals surface area contributed by atoms with Crippen molar-refractivity contribution >= 4 is 17.6 Å². The largest absolute Gasteiger partial charge is 0.472 e. The van der Waals surface area contributed by atoms with E-state index in [1.807, 2.05) is 23.1 Å². The van der Waals surface area contributed by atoms with Crippen molar-refractivity contribution in [2.45, 2.75) is 25.3 Å². The van der Waals surface area contributed by atoms with Crippen LogP contribution in [0.25, 0.3) is 0 Å². The first kappa shape index (κ1) is 17.1. The normalized spacial score (nSPS) is 15.0. The Morgan fingerprint density at radius 1 is 1.28 bits per heavy atom. The van der Waals surface area contributed by atoms with Gasteiger partial charge in [-0.25, -0.2) is 4.79 Å². The summed E-state index contributed by atoms with van der Waals surface area (Å²) in [5.41, 5.74) is 2.33. The van der Waals surface area contributed by atoms with Crippen molar-refractivity contribution in [1.29, 1.82) is 0 Å². The quantitative estimate of drug-likeness (QED) is 0.846. The molecule has 2 aromatic rings. The highest BCUT2D eigenvalue weighted by Gasteiger charge is 2.23. The average molecular weight is 342 g/mol. The fourth-order valence-corrected chi connectivity index (χ4v) is 3.04. The summed E-state index contributed by atoms with van der Waals surface area (Å²) in [5.74, 6) is -0.212. The van der Waals surface area contributed by atoms with E-state index in [0.29, 0.717) is 12.0 Å². The summed E-state index contributed by atoms with van der Waals surface area (Å²) in [6.45, 7) is 1.45. The molecule has 1 amide bonds. The molecule has 6 nitrogen and oxygen atoms in total. The second kappa shape index (κ2) is 7.88. The maximum atomic E-state index is 12.3. The molecule has 0 spiro atoms. The van der Waals surface area contributed by atoms with Gasteiger partial charge < -0.3 is 19.4 Å². The topological polar surface area (TPSA) is 71.8 Å². The third-order valence-electron chi connectivity index (χ3n) is 4.44. The molecule has 1 N–H and O–H groups in total. The van der Waals surface area contributed by atoms with E-state index in [1.54, 1.807) is 24.7 Å². The Balaban J connectivity index is 1.51. The SMILES string of the molecule is COC(=O)c1cccc(NC2CCN(C(=O)Cc3ccoc3)CC2)c1. The Labute approximate surface area is 146 Å². The predicted molar refractivity (Wildman–Crippen MR) is 93.4 cm³/mol. The Bertz CT molecular complexity index is 719. The molecular formula is C19H22N2O4. The molecule has 6 heteroatoms. The monoisotopic (exact) mass is 342 g/mol. The Hall–Kier alpha value is -2.76. The first-order valence-electron chi connectivity index (χ1n) is 8.39. The molecule has 0 atom stereocenters. The maximum Gasteiger partial charge on any atom is 0.337 e. The van der Waals surface area contributed by atoms with Gasteiger partial charge in [-0.2, -0.15) is 0 Å². The van der Waals surface area contributed by atoms with Gasteiger partial charge in [-0.1, -0.05) is 6.07 Å². The summed E-state index contributed by atoms with van der Waals surface area (Å²) in [5, 5.41) is 3.44. The van der Waals surface area contributed by atoms with Crippen molar-refractivity contribution in [3.8, 4) is 0 Å². The van der Waals surface area contributed by atoms with E-state index in [0.717, 1.165) is 37.2 Å². The van der Waals surface area contributed by atoms with Gasteiger partial charge in [-0.05, 0) is 42.7 Å². The zero-order valence-corrected chi connectivity index (χ0v) is 14.2. The van der Waals surface area contributed by atoms with E-state index in [-0.39, 0.29) is 17.9 Å². The van der Waals surface area contributed by atoms with Gasteiger partial charge in [0, 0.05) is 24.8 Å². The molecule has 1 saturated heterocycles. The zero-order valence-electron chi connectivity index (χ0n) is 14.2.